The molecule has 0 aliphatic heterocycles. The van der Waals surface area contributed by atoms with Crippen LogP contribution in [-0.4, -0.2) is 24.1 Å². The summed E-state index contributed by atoms with van der Waals surface area (Å²) in [6.07, 6.45) is 5.37. The zero-order valence-electron chi connectivity index (χ0n) is 11.8. The van der Waals surface area contributed by atoms with Gasteiger partial charge in [0.05, 0.1) is 0 Å². The summed E-state index contributed by atoms with van der Waals surface area (Å²) < 4.78 is 5.77. The summed E-state index contributed by atoms with van der Waals surface area (Å²) in [4.78, 5) is 9.43. The van der Waals surface area contributed by atoms with Crippen LogP contribution in [0.3, 0.4) is 0 Å². The third kappa shape index (κ3) is 2.09. The van der Waals surface area contributed by atoms with E-state index in [1.54, 1.807) is 7.11 Å². The molecule has 0 saturated heterocycles. The Hall–Kier alpha value is -1.16. The zero-order valence-corrected chi connectivity index (χ0v) is 11.8. The molecule has 1 aliphatic carbocycles. The number of hydrogen-bond acceptors (Lipinski definition) is 4. The van der Waals surface area contributed by atoms with E-state index in [4.69, 9.17) is 9.72 Å². The number of nitrogens with one attached hydrogen (secondary N) is 1. The van der Waals surface area contributed by atoms with Crippen molar-refractivity contribution in [2.75, 3.05) is 19.5 Å². The number of aromatic nitrogens is 2. The van der Waals surface area contributed by atoms with Gasteiger partial charge in [-0.25, -0.2) is 9.97 Å². The minimum absolute atomic E-state index is 0.261. The Bertz CT molecular complexity index is 400. The number of aryl methyl sites for hydroxylation is 1. The van der Waals surface area contributed by atoms with E-state index in [0.29, 0.717) is 0 Å². The van der Waals surface area contributed by atoms with Crippen LogP contribution < -0.4 is 5.32 Å². The highest BCUT2D eigenvalue weighted by Crippen LogP contribution is 2.40. The molecule has 0 spiro atoms. The Morgan fingerprint density at radius 3 is 2.44 bits per heavy atom. The van der Waals surface area contributed by atoms with Crippen molar-refractivity contribution in [3.8, 4) is 0 Å². The van der Waals surface area contributed by atoms with E-state index in [2.05, 4.69) is 24.1 Å². The van der Waals surface area contributed by atoms with E-state index in [-0.39, 0.29) is 5.60 Å². The first kappa shape index (κ1) is 13.3. The van der Waals surface area contributed by atoms with Crippen LogP contribution in [0, 0.1) is 6.92 Å². The number of nitrogens with zero attached hydrogens (tertiary/aromatic N) is 2. The molecule has 1 N–H and O–H groups in total. The molecule has 0 atom stereocenters. The molecule has 1 aromatic heterocycles. The fourth-order valence-electron chi connectivity index (χ4n) is 2.82. The quantitative estimate of drug-likeness (QED) is 0.891. The van der Waals surface area contributed by atoms with Gasteiger partial charge in [0.25, 0.3) is 0 Å². The number of ether oxygens (including phenoxy) is 1. The van der Waals surface area contributed by atoms with Crippen LogP contribution in [0.5, 0.6) is 0 Å². The van der Waals surface area contributed by atoms with E-state index < -0.39 is 0 Å². The van der Waals surface area contributed by atoms with Gasteiger partial charge >= 0.3 is 0 Å². The Balaban J connectivity index is 2.50. The first-order chi connectivity index (χ1) is 8.66. The summed E-state index contributed by atoms with van der Waals surface area (Å²) in [5, 5.41) is 3.17. The van der Waals surface area contributed by atoms with Gasteiger partial charge < -0.3 is 10.1 Å². The molecule has 0 amide bonds. The Morgan fingerprint density at radius 2 is 1.94 bits per heavy atom. The molecule has 2 rings (SSSR count). The van der Waals surface area contributed by atoms with Crippen molar-refractivity contribution in [1.29, 1.82) is 0 Å². The van der Waals surface area contributed by atoms with Crippen LogP contribution in [0.2, 0.25) is 0 Å². The molecule has 4 nitrogen and oxygen atoms in total. The molecular weight excluding hydrogens is 226 g/mol. The minimum Gasteiger partial charge on any atom is -0.373 e. The van der Waals surface area contributed by atoms with Crippen LogP contribution in [0.15, 0.2) is 0 Å². The van der Waals surface area contributed by atoms with E-state index in [1.807, 2.05) is 7.05 Å². The monoisotopic (exact) mass is 249 g/mol. The van der Waals surface area contributed by atoms with Crippen LogP contribution >= 0.6 is 0 Å². The van der Waals surface area contributed by atoms with Gasteiger partial charge in [-0.05, 0) is 39.0 Å². The van der Waals surface area contributed by atoms with Crippen molar-refractivity contribution < 1.29 is 4.74 Å². The highest BCUT2D eigenvalue weighted by atomic mass is 16.5. The number of methoxy groups -OCH3 is 1. The van der Waals surface area contributed by atoms with Crippen LogP contribution in [-0.2, 0) is 16.8 Å². The van der Waals surface area contributed by atoms with Crippen molar-refractivity contribution >= 4 is 5.82 Å². The van der Waals surface area contributed by atoms with Crippen LogP contribution in [0.25, 0.3) is 0 Å². The lowest BCUT2D eigenvalue weighted by Gasteiger charge is -2.27. The molecule has 100 valence electrons. The summed E-state index contributed by atoms with van der Waals surface area (Å²) in [5.74, 6) is 1.79. The summed E-state index contributed by atoms with van der Waals surface area (Å²) in [6.45, 7) is 4.20. The number of anilines is 1. The topological polar surface area (TPSA) is 47.0 Å². The summed E-state index contributed by atoms with van der Waals surface area (Å²) in [7, 11) is 3.69. The van der Waals surface area contributed by atoms with E-state index >= 15 is 0 Å². The molecule has 1 heterocycles. The van der Waals surface area contributed by atoms with Crippen molar-refractivity contribution in [3.05, 3.63) is 17.1 Å². The predicted octanol–water partition coefficient (Wildman–Crippen LogP) is 2.80. The van der Waals surface area contributed by atoms with Crippen LogP contribution in [0.1, 0.15) is 49.7 Å². The van der Waals surface area contributed by atoms with Gasteiger partial charge in [-0.2, -0.15) is 0 Å². The second-order valence-electron chi connectivity index (χ2n) is 4.98. The van der Waals surface area contributed by atoms with Gasteiger partial charge in [0.1, 0.15) is 11.4 Å². The third-order valence-corrected chi connectivity index (χ3v) is 4.03. The molecule has 0 bridgehead atoms. The van der Waals surface area contributed by atoms with E-state index in [1.165, 1.54) is 12.8 Å². The number of rotatable bonds is 4. The maximum Gasteiger partial charge on any atom is 0.162 e. The molecule has 1 fully saturated rings. The van der Waals surface area contributed by atoms with Crippen molar-refractivity contribution in [2.45, 2.75) is 51.6 Å². The fourth-order valence-corrected chi connectivity index (χ4v) is 2.82. The lowest BCUT2D eigenvalue weighted by molar-refractivity contribution is -0.0163. The molecule has 1 aromatic rings. The zero-order chi connectivity index (χ0) is 13.2. The van der Waals surface area contributed by atoms with E-state index in [9.17, 15) is 0 Å². The maximum absolute atomic E-state index is 5.77. The van der Waals surface area contributed by atoms with Gasteiger partial charge in [0.15, 0.2) is 5.82 Å². The van der Waals surface area contributed by atoms with E-state index in [0.717, 1.165) is 42.2 Å². The van der Waals surface area contributed by atoms with Crippen molar-refractivity contribution in [3.63, 3.8) is 0 Å². The highest BCUT2D eigenvalue weighted by Gasteiger charge is 2.39. The molecule has 0 unspecified atom stereocenters. The molecular formula is C14H23N3O. The molecule has 1 saturated carbocycles. The standard InChI is InChI=1S/C14H23N3O/c1-5-11-10(2)12(15-3)17-13(16-11)14(18-4)8-6-7-9-14/h5-9H2,1-4H3,(H,15,16,17). The Morgan fingerprint density at radius 1 is 1.28 bits per heavy atom. The first-order valence-electron chi connectivity index (χ1n) is 6.77. The second kappa shape index (κ2) is 5.22. The first-order valence-corrected chi connectivity index (χ1v) is 6.77. The van der Waals surface area contributed by atoms with Gasteiger partial charge in [-0.1, -0.05) is 6.92 Å². The van der Waals surface area contributed by atoms with Gasteiger partial charge in [-0.3, -0.25) is 0 Å². The van der Waals surface area contributed by atoms with Crippen molar-refractivity contribution in [2.24, 2.45) is 0 Å². The molecule has 0 radical (unpaired) electrons. The summed E-state index contributed by atoms with van der Waals surface area (Å²) >= 11 is 0. The summed E-state index contributed by atoms with van der Waals surface area (Å²) in [6, 6.07) is 0. The largest absolute Gasteiger partial charge is 0.373 e. The average molecular weight is 249 g/mol. The van der Waals surface area contributed by atoms with Gasteiger partial charge in [0, 0.05) is 25.4 Å². The lowest BCUT2D eigenvalue weighted by Crippen LogP contribution is -2.28. The Labute approximate surface area is 109 Å². The molecule has 18 heavy (non-hydrogen) atoms. The second-order valence-corrected chi connectivity index (χ2v) is 4.98. The third-order valence-electron chi connectivity index (χ3n) is 4.03. The normalized spacial score (nSPS) is 18.0. The SMILES string of the molecule is CCc1nc(C2(OC)CCCC2)nc(NC)c1C. The predicted molar refractivity (Wildman–Crippen MR) is 72.8 cm³/mol. The van der Waals surface area contributed by atoms with Crippen molar-refractivity contribution in [1.82, 2.24) is 9.97 Å². The minimum atomic E-state index is -0.261. The molecule has 4 heteroatoms. The Kier molecular flexibility index (Phi) is 3.85. The lowest BCUT2D eigenvalue weighted by atomic mass is 10.00. The van der Waals surface area contributed by atoms with Crippen LogP contribution in [0.4, 0.5) is 5.82 Å². The highest BCUT2D eigenvalue weighted by molar-refractivity contribution is 5.45. The van der Waals surface area contributed by atoms with Gasteiger partial charge in [-0.15, -0.1) is 0 Å². The number of hydrogen-bond donors (Lipinski definition) is 1. The average Bonchev–Trinajstić information content (AvgIpc) is 2.89. The molecule has 0 aromatic carbocycles. The molecule has 1 aliphatic rings. The smallest absolute Gasteiger partial charge is 0.162 e. The summed E-state index contributed by atoms with van der Waals surface area (Å²) in [5.41, 5.74) is 2.00. The maximum atomic E-state index is 5.77. The van der Waals surface area contributed by atoms with Gasteiger partial charge in [0.2, 0.25) is 0 Å². The fraction of sp³-hybridized carbons (Fsp3) is 0.714.